The second kappa shape index (κ2) is 31.9. The fraction of sp³-hybridized carbons (Fsp3) is 0.293. The first-order valence-electron chi connectivity index (χ1n) is 71.0. The fourth-order valence-corrected chi connectivity index (χ4v) is 20.4. The lowest BCUT2D eigenvalue weighted by atomic mass is 9.82. The molecule has 24 rings (SSSR count). The molecule has 0 amide bonds. The predicted molar refractivity (Wildman–Crippen MR) is 555 cm³/mol. The van der Waals surface area contributed by atoms with Crippen LogP contribution in [0.1, 0.15) is 321 Å². The minimum absolute atomic E-state index is 0.113. The Hall–Kier alpha value is -13.9. The van der Waals surface area contributed by atoms with Crippen molar-refractivity contribution < 1.29 is 111 Å². The SMILES string of the molecule is [2H]C([2H])([2H])c1c[n+](C)c(-c2c(C)ccc3c2oc2c4c(ccc23)-c2cccnc2C4(C)C([2H])([2H])[2H])cc1C([2H])(C([2H])([2H])[2H])C([2H])([2H])[2H].[2H]C([2H])([2H])c1c[n+](C)c(-c2c(C)ccc3c2oc2cc4c(cc23)C(C)(C([2H])([2H])[2H])c2ncccc2-4)cc1C([2H])(C([2H])([2H])[2H])C([2H])([2H])[2H].[2H]C([2H])([2H])c1c[n+](C)c(-c2c(C)ccc3c2oc2nc4c(cc23)-c2cccnc2C4(C([2H])([2H])[2H])C([2H])([2H])[2H])cc1C([2H])(C([2H])([2H])[2H])C([2H])([2H])[2H].[2H]C([2H])([2H])c1c[n+](C)c(-c2c(C)ccc3c2oc2nc4c(cc23)C(C)(C([2H])([2H])[2H])c2ccccc2-4)cc1C([2H])(C([2H])([2H])[2H])C([2H])([2H])[2H]. The lowest BCUT2D eigenvalue weighted by Crippen LogP contribution is -2.32. The number of fused-ring (bicyclic) bond motifs is 25. The van der Waals surface area contributed by atoms with E-state index in [0.29, 0.717) is 177 Å². The normalized spacial score (nSPS) is 24.2. The van der Waals surface area contributed by atoms with Gasteiger partial charge in [0, 0.05) is 233 Å². The van der Waals surface area contributed by atoms with Crippen molar-refractivity contribution in [3.8, 4) is 89.7 Å². The molecule has 13 aromatic heterocycles. The molecule has 13 nitrogen and oxygen atoms in total. The Kier molecular flexibility index (Phi) is 10.8. The van der Waals surface area contributed by atoms with Gasteiger partial charge in [-0.15, -0.1) is 0 Å². The van der Waals surface area contributed by atoms with Crippen molar-refractivity contribution in [3.05, 3.63) is 325 Å². The number of furan rings is 4. The Morgan fingerprint density at radius 3 is 1.15 bits per heavy atom. The molecule has 3 atom stereocenters. The van der Waals surface area contributed by atoms with Gasteiger partial charge in [-0.05, 0) is 227 Å². The molecule has 3 unspecified atom stereocenters. The van der Waals surface area contributed by atoms with E-state index >= 15 is 0 Å². The zero-order chi connectivity index (χ0) is 142. The molecule has 20 aromatic rings. The molecule has 0 radical (unpaired) electrons. The van der Waals surface area contributed by atoms with Gasteiger partial charge in [0.15, 0.2) is 36.0 Å². The van der Waals surface area contributed by atoms with Crippen LogP contribution in [0.3, 0.4) is 0 Å². The Morgan fingerprint density at radius 2 is 0.684 bits per heavy atom. The smallest absolute Gasteiger partial charge is 0.227 e. The number of benzene rings is 7. The lowest BCUT2D eigenvalue weighted by Gasteiger charge is -2.20. The predicted octanol–water partition coefficient (Wildman–Crippen LogP) is 29.5. The van der Waals surface area contributed by atoms with Gasteiger partial charge >= 0.3 is 0 Å². The van der Waals surface area contributed by atoms with Crippen LogP contribution in [0.25, 0.3) is 178 Å². The molecule has 4 aliphatic carbocycles. The van der Waals surface area contributed by atoms with E-state index in [9.17, 15) is 0 Å². The number of nitrogens with zero attached hydrogens (tertiary/aromatic N) is 9. The fourth-order valence-electron chi connectivity index (χ4n) is 20.4. The maximum atomic E-state index is 8.90. The van der Waals surface area contributed by atoms with Gasteiger partial charge in [-0.1, -0.05) is 179 Å². The van der Waals surface area contributed by atoms with Crippen LogP contribution in [-0.4, -0.2) is 24.9 Å². The molecule has 0 spiro atoms. The van der Waals surface area contributed by atoms with E-state index in [0.717, 1.165) is 49.1 Å². The highest BCUT2D eigenvalue weighted by Gasteiger charge is 2.44. The van der Waals surface area contributed by atoms with Gasteiger partial charge in [0.25, 0.3) is 0 Å². The third-order valence-corrected chi connectivity index (χ3v) is 27.1. The highest BCUT2D eigenvalue weighted by Crippen LogP contribution is 2.57. The van der Waals surface area contributed by atoms with Gasteiger partial charge in [-0.2, -0.15) is 0 Å². The Balaban J connectivity index is 0.000000141. The first-order chi connectivity index (χ1) is 87.0. The van der Waals surface area contributed by atoms with Gasteiger partial charge in [0.05, 0.1) is 56.1 Å². The summed E-state index contributed by atoms with van der Waals surface area (Å²) in [4.78, 5) is 22.6. The van der Waals surface area contributed by atoms with E-state index in [2.05, 4.69) is 19.9 Å². The van der Waals surface area contributed by atoms with Crippen LogP contribution in [0.5, 0.6) is 0 Å². The zero-order valence-electron chi connectivity index (χ0n) is 130. The number of hydrogen-bond acceptors (Lipinski definition) is 9. The van der Waals surface area contributed by atoms with E-state index in [1.54, 1.807) is 165 Å². The van der Waals surface area contributed by atoms with Crippen molar-refractivity contribution in [2.45, 2.75) is 210 Å². The third kappa shape index (κ3) is 13.5. The second-order valence-corrected chi connectivity index (χ2v) is 35.9. The van der Waals surface area contributed by atoms with Crippen molar-refractivity contribution in [1.29, 1.82) is 0 Å². The molecule has 680 valence electrons. The summed E-state index contributed by atoms with van der Waals surface area (Å²) >= 11 is 0. The number of rotatable bonds is 8. The number of pyridine rings is 9. The highest BCUT2D eigenvalue weighted by molar-refractivity contribution is 6.15. The molecule has 0 saturated carbocycles. The topological polar surface area (TPSA) is 133 Å². The van der Waals surface area contributed by atoms with E-state index < -0.39 is 206 Å². The van der Waals surface area contributed by atoms with Crippen molar-refractivity contribution in [2.24, 2.45) is 28.2 Å². The number of aromatic nitrogens is 9. The molecule has 136 heavy (non-hydrogen) atoms. The maximum absolute atomic E-state index is 8.90. The van der Waals surface area contributed by atoms with Crippen LogP contribution in [-0.2, 0) is 49.9 Å². The Bertz CT molecular complexity index is 10500. The summed E-state index contributed by atoms with van der Waals surface area (Å²) in [6, 6.07) is 46.8. The lowest BCUT2D eigenvalue weighted by molar-refractivity contribution is -0.660. The van der Waals surface area contributed by atoms with Gasteiger partial charge in [-0.25, -0.2) is 28.2 Å². The van der Waals surface area contributed by atoms with E-state index in [-0.39, 0.29) is 67.9 Å². The molecule has 13 heteroatoms. The molecule has 0 aliphatic heterocycles. The largest absolute Gasteiger partial charge is 0.455 e. The number of hydrogen-bond donors (Lipinski definition) is 0. The van der Waals surface area contributed by atoms with Crippen LogP contribution in [0.2, 0.25) is 0 Å². The summed E-state index contributed by atoms with van der Waals surface area (Å²) in [6.45, 7) is -41.0. The molecule has 0 bridgehead atoms. The summed E-state index contributed by atoms with van der Waals surface area (Å²) in [5, 5.41) is 4.34. The molecular weight excluding hydrogens is 1670 g/mol. The van der Waals surface area contributed by atoms with Gasteiger partial charge in [-0.3, -0.25) is 15.0 Å². The average molecular weight is 1850 g/mol. The Morgan fingerprint density at radius 1 is 0.301 bits per heavy atom. The first kappa shape index (κ1) is 46.1. The quantitative estimate of drug-likeness (QED) is 0.136. The van der Waals surface area contributed by atoms with Gasteiger partial charge < -0.3 is 17.7 Å². The van der Waals surface area contributed by atoms with Crippen LogP contribution in [0.15, 0.2) is 231 Å². The van der Waals surface area contributed by atoms with Crippen molar-refractivity contribution >= 4 is 88.0 Å². The summed E-state index contributed by atoms with van der Waals surface area (Å²) < 4.78 is 486. The summed E-state index contributed by atoms with van der Waals surface area (Å²) in [5.74, 6) is -13.2. The van der Waals surface area contributed by atoms with E-state index in [1.807, 2.05) is 48.5 Å². The second-order valence-electron chi connectivity index (χ2n) is 35.9. The van der Waals surface area contributed by atoms with Crippen LogP contribution in [0.4, 0.5) is 0 Å². The maximum Gasteiger partial charge on any atom is 0.227 e. The van der Waals surface area contributed by atoms with Crippen molar-refractivity contribution in [2.75, 3.05) is 0 Å². The molecule has 13 heterocycles. The monoisotopic (exact) mass is 1850 g/mol. The van der Waals surface area contributed by atoms with Crippen LogP contribution < -0.4 is 18.3 Å². The van der Waals surface area contributed by atoms with Crippen LogP contribution in [0, 0.1) is 55.1 Å². The minimum Gasteiger partial charge on any atom is -0.455 e. The van der Waals surface area contributed by atoms with Crippen molar-refractivity contribution in [3.63, 3.8) is 0 Å². The Labute approximate surface area is 875 Å². The van der Waals surface area contributed by atoms with Crippen LogP contribution >= 0.6 is 0 Å². The zero-order valence-corrected chi connectivity index (χ0v) is 75.4. The molecule has 7 aromatic carbocycles. The molecular formula is C123H123N9O4+4. The van der Waals surface area contributed by atoms with Gasteiger partial charge in [0.2, 0.25) is 34.2 Å². The highest BCUT2D eigenvalue weighted by atomic mass is 16.3. The van der Waals surface area contributed by atoms with Crippen molar-refractivity contribution in [1.82, 2.24) is 24.9 Å². The molecule has 4 aliphatic rings. The van der Waals surface area contributed by atoms with Gasteiger partial charge in [0.1, 0.15) is 50.5 Å². The average Bonchev–Trinajstić information content (AvgIpc) is 1.51. The standard InChI is InChI=1S/3C31H31N2O.C30H30N3O/c1-17(2)24-15-25(33(7)16-19(24)4)26-18(3)10-11-21-22-13-12-20-23-9-8-14-32-30(23)31(5,6)27(20)29(22)34-28(21)26;1-17(2)22-14-26(33(7)16-19(22)4)28-18(3)10-11-20-24-13-25-23(15-27(24)34-29(20)28)21-9-8-12-32-30(21)31(25,5)6;1-17(2)22-15-26(33(7)16-19(22)4)27-18(3)12-13-20-23-14-25-28(32-30(23)34-29(20)27)21-10-8-9-11-24(21)31(25,5)6;1-16(2)21-14-24(33(7)15-18(21)4)25-17(3)10-11-19-23-13-22-20-9-8-12-31-27(20)30(5,6)28(22)32-29(23)34-26(19)25/h3*8-17H,1-7H3;8-16H,1-7H3/q4*+1/i3*1D3,2D3,4D3,5D3,17D;1D3,2D3,4D3,5D3,6D3,16D. The number of aryl methyl sites for hydroxylation is 12. The van der Waals surface area contributed by atoms with E-state index in [4.69, 9.17) is 98.0 Å². The molecule has 0 saturated heterocycles. The first-order valence-corrected chi connectivity index (χ1v) is 43.5. The molecule has 0 fully saturated rings. The third-order valence-electron chi connectivity index (χ3n) is 27.1. The minimum atomic E-state index is -3.48. The summed E-state index contributed by atoms with van der Waals surface area (Å²) in [6.07, 6.45) is 8.96. The summed E-state index contributed by atoms with van der Waals surface area (Å²) in [7, 11) is 6.10. The summed E-state index contributed by atoms with van der Waals surface area (Å²) in [5.41, 5.74) is 1.64. The van der Waals surface area contributed by atoms with E-state index in [1.165, 1.54) is 45.6 Å². The molecule has 0 N–H and O–H groups in total.